The van der Waals surface area contributed by atoms with Crippen molar-refractivity contribution >= 4 is 23.4 Å². The van der Waals surface area contributed by atoms with Gasteiger partial charge in [0.15, 0.2) is 11.6 Å². The number of piperidine rings is 1. The second-order valence-electron chi connectivity index (χ2n) is 11.6. The van der Waals surface area contributed by atoms with E-state index in [0.717, 1.165) is 44.6 Å². The number of carbonyl (C=O) groups is 1. The van der Waals surface area contributed by atoms with Gasteiger partial charge in [-0.2, -0.15) is 4.98 Å². The van der Waals surface area contributed by atoms with Crippen molar-refractivity contribution in [3.05, 3.63) is 54.0 Å². The van der Waals surface area contributed by atoms with Crippen molar-refractivity contribution in [1.82, 2.24) is 19.5 Å². The maximum absolute atomic E-state index is 11.8. The molecule has 2 fully saturated rings. The predicted molar refractivity (Wildman–Crippen MR) is 169 cm³/mol. The molecule has 6 rings (SSSR count). The summed E-state index contributed by atoms with van der Waals surface area (Å²) in [4.78, 5) is 22.6. The quantitative estimate of drug-likeness (QED) is 0.202. The lowest BCUT2D eigenvalue weighted by Crippen LogP contribution is -2.35. The van der Waals surface area contributed by atoms with E-state index in [0.29, 0.717) is 46.9 Å². The van der Waals surface area contributed by atoms with Gasteiger partial charge in [-0.15, -0.1) is 0 Å². The number of hydrogen-bond donors (Lipinski definition) is 3. The number of rotatable bonds is 7. The van der Waals surface area contributed by atoms with E-state index >= 15 is 0 Å². The van der Waals surface area contributed by atoms with E-state index in [4.69, 9.17) is 19.7 Å². The standard InChI is InChI=1S/C19H18N4O2.C14H22N2O4/c20-18-13(5-4-10-25-14-6-3-7-14)11-23-12-16(21-19(23)22-18)15-8-1-2-9-17(15)24;1-9(2)13(14(18)19-3)11-8-12(15-20-11)16-6-4-10(17)5-7-16/h1-2,8-9,11-12,14,24H,3,6-7,10H2,(H2,20,21,22);8-10,13,17H,4-7H2,1-3H3. The zero-order valence-electron chi connectivity index (χ0n) is 25.8. The summed E-state index contributed by atoms with van der Waals surface area (Å²) in [5, 5.41) is 23.5. The molecule has 3 aromatic heterocycles. The molecule has 4 aromatic rings. The summed E-state index contributed by atoms with van der Waals surface area (Å²) in [5.41, 5.74) is 7.89. The molecule has 1 saturated heterocycles. The van der Waals surface area contributed by atoms with Crippen LogP contribution in [0.4, 0.5) is 11.6 Å². The number of ether oxygens (including phenoxy) is 2. The number of aromatic nitrogens is 4. The number of phenolic OH excluding ortho intramolecular Hbond substituents is 1. The summed E-state index contributed by atoms with van der Waals surface area (Å²) in [6.07, 6.45) is 8.68. The average molecular weight is 617 g/mol. The molecule has 0 bridgehead atoms. The molecule has 12 heteroatoms. The topological polar surface area (TPSA) is 161 Å². The second kappa shape index (κ2) is 14.5. The van der Waals surface area contributed by atoms with Crippen LogP contribution in [-0.4, -0.2) is 74.7 Å². The van der Waals surface area contributed by atoms with E-state index in [-0.39, 0.29) is 23.7 Å². The van der Waals surface area contributed by atoms with Crippen LogP contribution in [0.2, 0.25) is 0 Å². The maximum Gasteiger partial charge on any atom is 0.316 e. The number of nitrogens with two attached hydrogens (primary N) is 1. The van der Waals surface area contributed by atoms with Gasteiger partial charge in [0.1, 0.15) is 24.1 Å². The summed E-state index contributed by atoms with van der Waals surface area (Å²) in [6.45, 7) is 5.78. The van der Waals surface area contributed by atoms with Crippen LogP contribution in [0, 0.1) is 17.8 Å². The van der Waals surface area contributed by atoms with Crippen LogP contribution in [0.5, 0.6) is 5.75 Å². The normalized spacial score (nSPS) is 16.0. The number of carbonyl (C=O) groups excluding carboxylic acids is 1. The van der Waals surface area contributed by atoms with Gasteiger partial charge in [-0.05, 0) is 50.2 Å². The minimum absolute atomic E-state index is 0.0754. The minimum Gasteiger partial charge on any atom is -0.507 e. The van der Waals surface area contributed by atoms with Gasteiger partial charge >= 0.3 is 5.97 Å². The third-order valence-electron chi connectivity index (χ3n) is 8.06. The molecule has 12 nitrogen and oxygen atoms in total. The van der Waals surface area contributed by atoms with Crippen molar-refractivity contribution in [2.24, 2.45) is 5.92 Å². The first-order valence-corrected chi connectivity index (χ1v) is 15.2. The number of nitrogens with zero attached hydrogens (tertiary/aromatic N) is 5. The molecular weight excluding hydrogens is 576 g/mol. The van der Waals surface area contributed by atoms with Gasteiger partial charge in [0.25, 0.3) is 0 Å². The Morgan fingerprint density at radius 3 is 2.58 bits per heavy atom. The van der Waals surface area contributed by atoms with Crippen LogP contribution in [0.25, 0.3) is 17.0 Å². The zero-order chi connectivity index (χ0) is 31.9. The molecule has 1 aliphatic heterocycles. The first kappa shape index (κ1) is 31.8. The molecular formula is C33H40N6O6. The summed E-state index contributed by atoms with van der Waals surface area (Å²) < 4.78 is 17.5. The van der Waals surface area contributed by atoms with Gasteiger partial charge in [0, 0.05) is 37.1 Å². The molecule has 0 amide bonds. The largest absolute Gasteiger partial charge is 0.507 e. The van der Waals surface area contributed by atoms with Crippen LogP contribution >= 0.6 is 0 Å². The van der Waals surface area contributed by atoms with Crippen molar-refractivity contribution in [2.75, 3.05) is 37.4 Å². The highest BCUT2D eigenvalue weighted by atomic mass is 16.5. The summed E-state index contributed by atoms with van der Waals surface area (Å²) in [7, 11) is 1.38. The lowest BCUT2D eigenvalue weighted by atomic mass is 9.93. The van der Waals surface area contributed by atoms with E-state index in [1.54, 1.807) is 41.1 Å². The van der Waals surface area contributed by atoms with Gasteiger partial charge in [0.2, 0.25) is 5.78 Å². The van der Waals surface area contributed by atoms with Crippen LogP contribution < -0.4 is 10.6 Å². The van der Waals surface area contributed by atoms with Gasteiger partial charge < -0.3 is 34.8 Å². The molecule has 238 valence electrons. The Morgan fingerprint density at radius 2 is 1.91 bits per heavy atom. The van der Waals surface area contributed by atoms with E-state index < -0.39 is 5.92 Å². The Hall–Kier alpha value is -4.60. The molecule has 45 heavy (non-hydrogen) atoms. The Kier molecular flexibility index (Phi) is 10.2. The highest BCUT2D eigenvalue weighted by molar-refractivity contribution is 5.77. The summed E-state index contributed by atoms with van der Waals surface area (Å²) in [6, 6.07) is 8.85. The fourth-order valence-electron chi connectivity index (χ4n) is 5.19. The van der Waals surface area contributed by atoms with Crippen LogP contribution in [0.15, 0.2) is 47.2 Å². The highest BCUT2D eigenvalue weighted by Gasteiger charge is 2.30. The molecule has 0 radical (unpaired) electrons. The van der Waals surface area contributed by atoms with Crippen molar-refractivity contribution in [3.8, 4) is 28.8 Å². The zero-order valence-corrected chi connectivity index (χ0v) is 25.8. The van der Waals surface area contributed by atoms with E-state index in [2.05, 4.69) is 31.9 Å². The molecule has 1 aliphatic carbocycles. The monoisotopic (exact) mass is 616 g/mol. The first-order valence-electron chi connectivity index (χ1n) is 15.2. The third-order valence-corrected chi connectivity index (χ3v) is 8.06. The number of benzene rings is 1. The van der Waals surface area contributed by atoms with Gasteiger partial charge in [0.05, 0.1) is 30.6 Å². The molecule has 1 unspecified atom stereocenters. The SMILES string of the molecule is COC(=O)C(c1cc(N2CCC(O)CC2)no1)C(C)C.Nc1nc2nc(-c3ccccc3O)cn2cc1C#CCOC1CCC1. The highest BCUT2D eigenvalue weighted by Crippen LogP contribution is 2.30. The predicted octanol–water partition coefficient (Wildman–Crippen LogP) is 4.15. The van der Waals surface area contributed by atoms with Crippen molar-refractivity contribution < 1.29 is 29.0 Å². The number of para-hydroxylation sites is 1. The van der Waals surface area contributed by atoms with Gasteiger partial charge in [-0.3, -0.25) is 9.20 Å². The number of aromatic hydroxyl groups is 1. The molecule has 0 spiro atoms. The Labute approximate surface area is 262 Å². The fourth-order valence-corrected chi connectivity index (χ4v) is 5.19. The average Bonchev–Trinajstić information content (AvgIpc) is 3.64. The van der Waals surface area contributed by atoms with Crippen molar-refractivity contribution in [3.63, 3.8) is 0 Å². The molecule has 2 aliphatic rings. The lowest BCUT2D eigenvalue weighted by Gasteiger charge is -2.28. The number of phenols is 1. The molecule has 1 aromatic carbocycles. The maximum atomic E-state index is 11.8. The lowest BCUT2D eigenvalue weighted by molar-refractivity contribution is -0.144. The van der Waals surface area contributed by atoms with E-state index in [1.807, 2.05) is 19.9 Å². The number of esters is 1. The summed E-state index contributed by atoms with van der Waals surface area (Å²) in [5.74, 6) is 7.56. The van der Waals surface area contributed by atoms with Crippen molar-refractivity contribution in [1.29, 1.82) is 0 Å². The number of aliphatic hydroxyl groups excluding tert-OH is 1. The molecule has 1 atom stereocenters. The third kappa shape index (κ3) is 7.74. The minimum atomic E-state index is -0.434. The summed E-state index contributed by atoms with van der Waals surface area (Å²) >= 11 is 0. The molecule has 4 heterocycles. The number of hydrogen-bond acceptors (Lipinski definition) is 11. The van der Waals surface area contributed by atoms with Crippen LogP contribution in [-0.2, 0) is 14.3 Å². The van der Waals surface area contributed by atoms with E-state index in [1.165, 1.54) is 13.5 Å². The first-order chi connectivity index (χ1) is 21.7. The Morgan fingerprint density at radius 1 is 1.16 bits per heavy atom. The van der Waals surface area contributed by atoms with Gasteiger partial charge in [-0.25, -0.2) is 4.98 Å². The number of aliphatic hydroxyl groups is 1. The fraction of sp³-hybridized carbons (Fsp3) is 0.455. The molecule has 4 N–H and O–H groups in total. The van der Waals surface area contributed by atoms with Crippen molar-refractivity contribution in [2.45, 2.75) is 64.1 Å². The number of methoxy groups -OCH3 is 1. The Balaban J connectivity index is 0.000000183. The second-order valence-corrected chi connectivity index (χ2v) is 11.6. The van der Waals surface area contributed by atoms with E-state index in [9.17, 15) is 15.0 Å². The number of nitrogen functional groups attached to an aromatic ring is 1. The van der Waals surface area contributed by atoms with Gasteiger partial charge in [-0.1, -0.05) is 43.0 Å². The number of imidazole rings is 1. The Bertz CT molecular complexity index is 1660. The van der Waals surface area contributed by atoms with Crippen LogP contribution in [0.3, 0.4) is 0 Å². The smallest absolute Gasteiger partial charge is 0.316 e. The number of fused-ring (bicyclic) bond motifs is 1. The van der Waals surface area contributed by atoms with Crippen LogP contribution in [0.1, 0.15) is 63.2 Å². The number of anilines is 2. The molecule has 1 saturated carbocycles.